The molecule has 1 aromatic carbocycles. The van der Waals surface area contributed by atoms with Crippen molar-refractivity contribution in [2.24, 2.45) is 17.8 Å². The Labute approximate surface area is 134 Å². The number of nitrogens with zero attached hydrogens (tertiary/aromatic N) is 2. The number of piperazine rings is 1. The lowest BCUT2D eigenvalue weighted by Crippen LogP contribution is -2.51. The van der Waals surface area contributed by atoms with Gasteiger partial charge in [-0.1, -0.05) is 12.2 Å². The minimum absolute atomic E-state index is 0.389. The molecule has 6 nitrogen and oxygen atoms in total. The third-order valence-corrected chi connectivity index (χ3v) is 5.62. The summed E-state index contributed by atoms with van der Waals surface area (Å²) in [6.45, 7) is 3.17. The molecule has 0 spiro atoms. The van der Waals surface area contributed by atoms with Crippen LogP contribution in [-0.2, 0) is 4.79 Å². The lowest BCUT2D eigenvalue weighted by Gasteiger charge is -2.35. The van der Waals surface area contributed by atoms with Crippen LogP contribution in [0, 0.1) is 17.8 Å². The number of anilines is 2. The fraction of sp³-hybridized carbons (Fsp3) is 0.588. The van der Waals surface area contributed by atoms with E-state index in [-0.39, 0.29) is 5.43 Å². The summed E-state index contributed by atoms with van der Waals surface area (Å²) in [6.07, 6.45) is 7.84. The molecule has 6 heteroatoms. The molecule has 0 unspecified atom stereocenters. The Hall–Kier alpha value is -2.11. The highest BCUT2D eigenvalue weighted by Gasteiger charge is 2.36. The van der Waals surface area contributed by atoms with Crippen LogP contribution in [0.2, 0.25) is 0 Å². The van der Waals surface area contributed by atoms with Gasteiger partial charge in [0.15, 0.2) is 0 Å². The van der Waals surface area contributed by atoms with Gasteiger partial charge in [-0.25, -0.2) is 0 Å². The van der Waals surface area contributed by atoms with Gasteiger partial charge in [0.2, 0.25) is 6.41 Å². The molecular weight excluding hydrogens is 294 g/mol. The number of nitrogens with one attached hydrogen (secondary N) is 1. The van der Waals surface area contributed by atoms with Crippen molar-refractivity contribution in [1.29, 1.82) is 0 Å². The fourth-order valence-electron chi connectivity index (χ4n) is 4.26. The third kappa shape index (κ3) is 2.36. The van der Waals surface area contributed by atoms with Crippen molar-refractivity contribution in [3.8, 4) is 0 Å². The number of rotatable bonds is 5. The minimum Gasteiger partial charge on any atom is -0.380 e. The van der Waals surface area contributed by atoms with Gasteiger partial charge in [0.25, 0.3) is 10.9 Å². The molecule has 3 atom stereocenters. The normalized spacial score (nSPS) is 29.5. The predicted octanol–water partition coefficient (Wildman–Crippen LogP) is 0.185. The number of allylic oxidation sites excluding steroid dienone is 2. The molecule has 3 aliphatic rings. The molecule has 2 fully saturated rings. The number of hydrogen-bond donors (Lipinski definition) is 1. The SMILES string of the molecule is O=CN1CCN(c2c(NC[C@H]3C[C@@H]4C=C[C@H]3C4)c(=O)c2=O)CC1. The topological polar surface area (TPSA) is 69.7 Å². The van der Waals surface area contributed by atoms with Crippen LogP contribution in [0.1, 0.15) is 12.8 Å². The average Bonchev–Trinajstić information content (AvgIpc) is 3.21. The van der Waals surface area contributed by atoms with Crippen molar-refractivity contribution in [1.82, 2.24) is 4.90 Å². The van der Waals surface area contributed by atoms with E-state index < -0.39 is 5.43 Å². The second kappa shape index (κ2) is 5.51. The molecule has 1 N–H and O–H groups in total. The number of amides is 1. The van der Waals surface area contributed by atoms with Gasteiger partial charge in [0, 0.05) is 32.7 Å². The molecule has 0 radical (unpaired) electrons. The summed E-state index contributed by atoms with van der Waals surface area (Å²) in [4.78, 5) is 38.3. The van der Waals surface area contributed by atoms with Crippen LogP contribution in [0.15, 0.2) is 21.7 Å². The minimum atomic E-state index is -0.392. The molecule has 23 heavy (non-hydrogen) atoms. The first-order valence-electron chi connectivity index (χ1n) is 8.37. The van der Waals surface area contributed by atoms with Gasteiger partial charge < -0.3 is 15.1 Å². The zero-order chi connectivity index (χ0) is 16.0. The van der Waals surface area contributed by atoms with E-state index in [1.165, 1.54) is 12.8 Å². The Bertz CT molecular complexity index is 711. The third-order valence-electron chi connectivity index (χ3n) is 5.62. The molecule has 1 aromatic rings. The smallest absolute Gasteiger partial charge is 0.253 e. The highest BCUT2D eigenvalue weighted by Crippen LogP contribution is 2.43. The van der Waals surface area contributed by atoms with E-state index in [0.29, 0.717) is 55.3 Å². The maximum Gasteiger partial charge on any atom is 0.253 e. The first-order chi connectivity index (χ1) is 11.2. The van der Waals surface area contributed by atoms with Gasteiger partial charge in [0.1, 0.15) is 11.4 Å². The van der Waals surface area contributed by atoms with Crippen LogP contribution < -0.4 is 21.1 Å². The zero-order valence-electron chi connectivity index (χ0n) is 13.0. The highest BCUT2D eigenvalue weighted by atomic mass is 16.2. The molecule has 1 heterocycles. The summed E-state index contributed by atoms with van der Waals surface area (Å²) in [5.41, 5.74) is 0.233. The zero-order valence-corrected chi connectivity index (χ0v) is 13.0. The molecule has 1 amide bonds. The summed E-state index contributed by atoms with van der Waals surface area (Å²) in [5, 5.41) is 3.25. The lowest BCUT2D eigenvalue weighted by atomic mass is 9.93. The van der Waals surface area contributed by atoms with Crippen LogP contribution >= 0.6 is 0 Å². The van der Waals surface area contributed by atoms with E-state index in [1.807, 2.05) is 4.90 Å². The Kier molecular flexibility index (Phi) is 3.47. The molecule has 1 saturated carbocycles. The predicted molar refractivity (Wildman–Crippen MR) is 88.5 cm³/mol. The number of hydrogen-bond acceptors (Lipinski definition) is 5. The van der Waals surface area contributed by atoms with Crippen molar-refractivity contribution in [2.45, 2.75) is 12.8 Å². The molecular formula is C17H21N3O3. The summed E-state index contributed by atoms with van der Waals surface area (Å²) < 4.78 is 0. The number of carbonyl (C=O) groups excluding carboxylic acids is 1. The molecule has 122 valence electrons. The highest BCUT2D eigenvalue weighted by molar-refractivity contribution is 5.75. The van der Waals surface area contributed by atoms with Crippen molar-refractivity contribution in [3.05, 3.63) is 32.6 Å². The van der Waals surface area contributed by atoms with E-state index in [4.69, 9.17) is 0 Å². The van der Waals surface area contributed by atoms with Crippen LogP contribution in [-0.4, -0.2) is 44.0 Å². The van der Waals surface area contributed by atoms with Crippen molar-refractivity contribution >= 4 is 17.8 Å². The Morgan fingerprint density at radius 3 is 2.48 bits per heavy atom. The van der Waals surface area contributed by atoms with E-state index in [0.717, 1.165) is 13.0 Å². The van der Waals surface area contributed by atoms with Gasteiger partial charge in [-0.15, -0.1) is 0 Å². The summed E-state index contributed by atoms with van der Waals surface area (Å²) in [7, 11) is 0. The van der Waals surface area contributed by atoms with Gasteiger partial charge >= 0.3 is 0 Å². The second-order valence-corrected chi connectivity index (χ2v) is 6.93. The van der Waals surface area contributed by atoms with Crippen LogP contribution in [0.4, 0.5) is 11.4 Å². The first-order valence-corrected chi connectivity index (χ1v) is 8.37. The molecule has 1 saturated heterocycles. The Morgan fingerprint density at radius 1 is 1.09 bits per heavy atom. The Balaban J connectivity index is 1.42. The first kappa shape index (κ1) is 14.5. The monoisotopic (exact) mass is 315 g/mol. The van der Waals surface area contributed by atoms with Crippen LogP contribution in [0.5, 0.6) is 0 Å². The summed E-state index contributed by atoms with van der Waals surface area (Å²) in [6, 6.07) is 0. The van der Waals surface area contributed by atoms with Gasteiger partial charge in [-0.05, 0) is 30.6 Å². The maximum absolute atomic E-state index is 12.0. The maximum atomic E-state index is 12.0. The lowest BCUT2D eigenvalue weighted by molar-refractivity contribution is -0.118. The fourth-order valence-corrected chi connectivity index (χ4v) is 4.26. The largest absolute Gasteiger partial charge is 0.380 e. The van der Waals surface area contributed by atoms with Crippen LogP contribution in [0.25, 0.3) is 0 Å². The molecule has 2 aliphatic carbocycles. The van der Waals surface area contributed by atoms with E-state index >= 15 is 0 Å². The van der Waals surface area contributed by atoms with E-state index in [2.05, 4.69) is 17.5 Å². The second-order valence-electron chi connectivity index (χ2n) is 6.93. The van der Waals surface area contributed by atoms with Gasteiger partial charge in [-0.3, -0.25) is 14.4 Å². The summed E-state index contributed by atoms with van der Waals surface area (Å²) >= 11 is 0. The average molecular weight is 315 g/mol. The van der Waals surface area contributed by atoms with Crippen molar-refractivity contribution < 1.29 is 4.79 Å². The van der Waals surface area contributed by atoms with E-state index in [1.54, 1.807) is 4.90 Å². The van der Waals surface area contributed by atoms with Gasteiger partial charge in [0.05, 0.1) is 0 Å². The Morgan fingerprint density at radius 2 is 1.87 bits per heavy atom. The van der Waals surface area contributed by atoms with Crippen molar-refractivity contribution in [3.63, 3.8) is 0 Å². The molecule has 0 aromatic heterocycles. The van der Waals surface area contributed by atoms with E-state index in [9.17, 15) is 14.4 Å². The standard InChI is InChI=1S/C17H21N3O3/c21-10-19-3-5-20(6-4-19)15-14(16(22)17(15)23)18-9-13-8-11-1-2-12(13)7-11/h1-2,10-13,18H,3-9H2/t11-,12+,13-/m1/s1. The van der Waals surface area contributed by atoms with Crippen molar-refractivity contribution in [2.75, 3.05) is 42.9 Å². The molecule has 4 rings (SSSR count). The van der Waals surface area contributed by atoms with Crippen LogP contribution in [0.3, 0.4) is 0 Å². The molecule has 2 bridgehead atoms. The van der Waals surface area contributed by atoms with Gasteiger partial charge in [-0.2, -0.15) is 0 Å². The quantitative estimate of drug-likeness (QED) is 0.477. The summed E-state index contributed by atoms with van der Waals surface area (Å²) in [5.74, 6) is 1.89. The number of fused-ring (bicyclic) bond motifs is 2. The number of carbonyl (C=O) groups is 1. The molecule has 1 aliphatic heterocycles.